The van der Waals surface area contributed by atoms with Gasteiger partial charge < -0.3 is 9.64 Å². The summed E-state index contributed by atoms with van der Waals surface area (Å²) in [4.78, 5) is 14.4. The molecule has 3 unspecified atom stereocenters. The molecule has 1 aliphatic heterocycles. The first-order chi connectivity index (χ1) is 9.17. The average molecular weight is 282 g/mol. The van der Waals surface area contributed by atoms with Gasteiger partial charge in [-0.05, 0) is 34.7 Å². The molecular formula is C14H22N2O2S. The summed E-state index contributed by atoms with van der Waals surface area (Å²) < 4.78 is 5.17. The molecule has 1 saturated heterocycles. The molecule has 106 valence electrons. The maximum absolute atomic E-state index is 12.4. The van der Waals surface area contributed by atoms with Crippen LogP contribution in [0.5, 0.6) is 0 Å². The predicted molar refractivity (Wildman–Crippen MR) is 77.0 cm³/mol. The Labute approximate surface area is 118 Å². The number of carbonyl (C=O) groups is 1. The van der Waals surface area contributed by atoms with E-state index in [0.717, 1.165) is 13.0 Å². The molecule has 0 saturated carbocycles. The molecule has 1 aliphatic rings. The molecule has 1 aromatic rings. The third kappa shape index (κ3) is 3.16. The van der Waals surface area contributed by atoms with Gasteiger partial charge in [0.1, 0.15) is 6.17 Å². The first-order valence-electron chi connectivity index (χ1n) is 6.75. The van der Waals surface area contributed by atoms with E-state index in [2.05, 4.69) is 29.1 Å². The van der Waals surface area contributed by atoms with Crippen LogP contribution in [-0.2, 0) is 9.53 Å². The zero-order chi connectivity index (χ0) is 13.8. The van der Waals surface area contributed by atoms with Gasteiger partial charge in [0.2, 0.25) is 5.91 Å². The van der Waals surface area contributed by atoms with Crippen molar-refractivity contribution in [3.05, 3.63) is 22.4 Å². The highest BCUT2D eigenvalue weighted by Crippen LogP contribution is 2.28. The Kier molecular flexibility index (Phi) is 4.96. The lowest BCUT2D eigenvalue weighted by Gasteiger charge is -2.26. The molecule has 2 rings (SSSR count). The van der Waals surface area contributed by atoms with Crippen molar-refractivity contribution in [2.45, 2.75) is 32.5 Å². The SMILES string of the molecule is CCC1NC(c2ccsc2)N(CC(C)COC)C1=O. The van der Waals surface area contributed by atoms with Gasteiger partial charge in [0.15, 0.2) is 0 Å². The van der Waals surface area contributed by atoms with Crippen LogP contribution < -0.4 is 5.32 Å². The van der Waals surface area contributed by atoms with E-state index in [0.29, 0.717) is 12.5 Å². The van der Waals surface area contributed by atoms with E-state index in [1.165, 1.54) is 5.56 Å². The summed E-state index contributed by atoms with van der Waals surface area (Å²) in [5.74, 6) is 0.550. The van der Waals surface area contributed by atoms with Crippen molar-refractivity contribution in [1.29, 1.82) is 0 Å². The van der Waals surface area contributed by atoms with Gasteiger partial charge in [0.25, 0.3) is 0 Å². The number of amides is 1. The van der Waals surface area contributed by atoms with Crippen molar-refractivity contribution >= 4 is 17.2 Å². The molecule has 4 nitrogen and oxygen atoms in total. The van der Waals surface area contributed by atoms with Crippen molar-refractivity contribution < 1.29 is 9.53 Å². The monoisotopic (exact) mass is 282 g/mol. The van der Waals surface area contributed by atoms with Gasteiger partial charge >= 0.3 is 0 Å². The van der Waals surface area contributed by atoms with E-state index < -0.39 is 0 Å². The van der Waals surface area contributed by atoms with Gasteiger partial charge in [-0.1, -0.05) is 13.8 Å². The Morgan fingerprint density at radius 3 is 2.95 bits per heavy atom. The van der Waals surface area contributed by atoms with Gasteiger partial charge in [0, 0.05) is 13.7 Å². The zero-order valence-corrected chi connectivity index (χ0v) is 12.6. The molecule has 5 heteroatoms. The first-order valence-corrected chi connectivity index (χ1v) is 7.69. The second-order valence-electron chi connectivity index (χ2n) is 5.14. The summed E-state index contributed by atoms with van der Waals surface area (Å²) in [5.41, 5.74) is 1.18. The van der Waals surface area contributed by atoms with Crippen LogP contribution in [0.25, 0.3) is 0 Å². The maximum Gasteiger partial charge on any atom is 0.241 e. The number of ether oxygens (including phenoxy) is 1. The minimum absolute atomic E-state index is 0.0167. The minimum Gasteiger partial charge on any atom is -0.384 e. The second-order valence-corrected chi connectivity index (χ2v) is 5.92. The van der Waals surface area contributed by atoms with Crippen LogP contribution in [0, 0.1) is 5.92 Å². The summed E-state index contributed by atoms with van der Waals surface area (Å²) in [6, 6.07) is 2.03. The van der Waals surface area contributed by atoms with E-state index in [4.69, 9.17) is 4.74 Å². The van der Waals surface area contributed by atoms with Crippen molar-refractivity contribution in [2.75, 3.05) is 20.3 Å². The van der Waals surface area contributed by atoms with Crippen LogP contribution in [0.2, 0.25) is 0 Å². The van der Waals surface area contributed by atoms with Crippen LogP contribution in [0.3, 0.4) is 0 Å². The molecule has 1 amide bonds. The third-order valence-electron chi connectivity index (χ3n) is 3.48. The van der Waals surface area contributed by atoms with Gasteiger partial charge in [-0.15, -0.1) is 0 Å². The third-order valence-corrected chi connectivity index (χ3v) is 4.18. The minimum atomic E-state index is -0.0559. The molecule has 1 N–H and O–H groups in total. The number of nitrogens with one attached hydrogen (secondary N) is 1. The van der Waals surface area contributed by atoms with Crippen LogP contribution in [0.15, 0.2) is 16.8 Å². The van der Waals surface area contributed by atoms with Crippen LogP contribution in [0.1, 0.15) is 32.0 Å². The van der Waals surface area contributed by atoms with Gasteiger partial charge in [-0.2, -0.15) is 11.3 Å². The fourth-order valence-electron chi connectivity index (χ4n) is 2.55. The highest BCUT2D eigenvalue weighted by molar-refractivity contribution is 7.07. The topological polar surface area (TPSA) is 41.6 Å². The van der Waals surface area contributed by atoms with Crippen molar-refractivity contribution in [3.8, 4) is 0 Å². The maximum atomic E-state index is 12.4. The molecule has 2 heterocycles. The van der Waals surface area contributed by atoms with E-state index >= 15 is 0 Å². The van der Waals surface area contributed by atoms with Crippen molar-refractivity contribution in [1.82, 2.24) is 10.2 Å². The highest BCUT2D eigenvalue weighted by Gasteiger charge is 2.39. The van der Waals surface area contributed by atoms with E-state index in [9.17, 15) is 4.79 Å². The van der Waals surface area contributed by atoms with E-state index in [1.807, 2.05) is 11.8 Å². The Hall–Kier alpha value is -0.910. The van der Waals surface area contributed by atoms with Crippen molar-refractivity contribution in [2.24, 2.45) is 5.92 Å². The molecule has 1 aromatic heterocycles. The van der Waals surface area contributed by atoms with Gasteiger partial charge in [-0.3, -0.25) is 10.1 Å². The quantitative estimate of drug-likeness (QED) is 0.870. The lowest BCUT2D eigenvalue weighted by Crippen LogP contribution is -2.35. The fourth-order valence-corrected chi connectivity index (χ4v) is 3.23. The number of carbonyl (C=O) groups excluding carboxylic acids is 1. The molecule has 0 radical (unpaired) electrons. The normalized spacial score (nSPS) is 25.0. The van der Waals surface area contributed by atoms with Crippen LogP contribution in [0.4, 0.5) is 0 Å². The molecule has 3 atom stereocenters. The molecule has 0 aromatic carbocycles. The number of nitrogens with zero attached hydrogens (tertiary/aromatic N) is 1. The predicted octanol–water partition coefficient (Wildman–Crippen LogP) is 2.24. The average Bonchev–Trinajstić information content (AvgIpc) is 2.99. The molecule has 0 aliphatic carbocycles. The number of hydrogen-bond donors (Lipinski definition) is 1. The number of methoxy groups -OCH3 is 1. The summed E-state index contributed by atoms with van der Waals surface area (Å²) >= 11 is 1.67. The standard InChI is InChI=1S/C14H22N2O2S/c1-4-12-14(17)16(7-10(2)8-18-3)13(15-12)11-5-6-19-9-11/h5-6,9-10,12-13,15H,4,7-8H2,1-3H3. The molecule has 19 heavy (non-hydrogen) atoms. The summed E-state index contributed by atoms with van der Waals surface area (Å²) in [6.07, 6.45) is 0.845. The largest absolute Gasteiger partial charge is 0.384 e. The summed E-state index contributed by atoms with van der Waals surface area (Å²) in [5, 5.41) is 7.59. The Morgan fingerprint density at radius 1 is 1.58 bits per heavy atom. The summed E-state index contributed by atoms with van der Waals surface area (Å²) in [6.45, 7) is 5.57. The number of hydrogen-bond acceptors (Lipinski definition) is 4. The molecular weight excluding hydrogens is 260 g/mol. The molecule has 0 bridgehead atoms. The van der Waals surface area contributed by atoms with E-state index in [-0.39, 0.29) is 18.1 Å². The Balaban J connectivity index is 2.13. The zero-order valence-electron chi connectivity index (χ0n) is 11.8. The Morgan fingerprint density at radius 2 is 2.37 bits per heavy atom. The van der Waals surface area contributed by atoms with Gasteiger partial charge in [-0.25, -0.2) is 0 Å². The molecule has 0 spiro atoms. The first kappa shape index (κ1) is 14.5. The summed E-state index contributed by atoms with van der Waals surface area (Å²) in [7, 11) is 1.70. The second kappa shape index (κ2) is 6.50. The Bertz CT molecular complexity index is 408. The van der Waals surface area contributed by atoms with Crippen LogP contribution in [-0.4, -0.2) is 37.1 Å². The number of rotatable bonds is 6. The highest BCUT2D eigenvalue weighted by atomic mass is 32.1. The van der Waals surface area contributed by atoms with E-state index in [1.54, 1.807) is 18.4 Å². The van der Waals surface area contributed by atoms with Gasteiger partial charge in [0.05, 0.1) is 12.6 Å². The lowest BCUT2D eigenvalue weighted by atomic mass is 10.1. The molecule has 1 fully saturated rings. The van der Waals surface area contributed by atoms with Crippen molar-refractivity contribution in [3.63, 3.8) is 0 Å². The smallest absolute Gasteiger partial charge is 0.241 e. The number of thiophene rings is 1. The van der Waals surface area contributed by atoms with Crippen LogP contribution >= 0.6 is 11.3 Å². The fraction of sp³-hybridized carbons (Fsp3) is 0.643. The lowest BCUT2D eigenvalue weighted by molar-refractivity contribution is -0.130.